The Bertz CT molecular complexity index is 558. The van der Waals surface area contributed by atoms with Crippen molar-refractivity contribution in [1.82, 2.24) is 9.55 Å². The number of aldehydes is 1. The number of amides is 1. The zero-order valence-corrected chi connectivity index (χ0v) is 9.96. The van der Waals surface area contributed by atoms with Gasteiger partial charge in [0.2, 0.25) is 5.91 Å². The van der Waals surface area contributed by atoms with Gasteiger partial charge in [0.05, 0.1) is 12.5 Å². The van der Waals surface area contributed by atoms with Crippen molar-refractivity contribution in [2.45, 2.75) is 13.5 Å². The van der Waals surface area contributed by atoms with Gasteiger partial charge >= 0.3 is 0 Å². The molecule has 0 spiro atoms. The summed E-state index contributed by atoms with van der Waals surface area (Å²) in [6, 6.07) is 7.46. The van der Waals surface area contributed by atoms with Gasteiger partial charge in [-0.2, -0.15) is 0 Å². The zero-order chi connectivity index (χ0) is 13.0. The lowest BCUT2D eigenvalue weighted by atomic mass is 10.2. The van der Waals surface area contributed by atoms with E-state index in [9.17, 15) is 9.59 Å². The molecular formula is C13H13N3O2. The van der Waals surface area contributed by atoms with Crippen molar-refractivity contribution >= 4 is 17.9 Å². The van der Waals surface area contributed by atoms with Crippen LogP contribution in [-0.2, 0) is 11.3 Å². The van der Waals surface area contributed by atoms with Crippen molar-refractivity contribution in [2.75, 3.05) is 5.32 Å². The van der Waals surface area contributed by atoms with Gasteiger partial charge in [0.15, 0.2) is 6.29 Å². The number of anilines is 1. The number of imidazole rings is 1. The first-order valence-corrected chi connectivity index (χ1v) is 5.51. The molecule has 92 valence electrons. The first kappa shape index (κ1) is 12.0. The Morgan fingerprint density at radius 1 is 1.39 bits per heavy atom. The van der Waals surface area contributed by atoms with Crippen LogP contribution in [0.2, 0.25) is 0 Å². The van der Waals surface area contributed by atoms with Gasteiger partial charge in [-0.25, -0.2) is 4.98 Å². The van der Waals surface area contributed by atoms with Crippen LogP contribution in [-0.4, -0.2) is 21.7 Å². The number of rotatable bonds is 4. The third kappa shape index (κ3) is 2.82. The summed E-state index contributed by atoms with van der Waals surface area (Å²) in [4.78, 5) is 25.5. The molecule has 2 rings (SSSR count). The molecule has 0 atom stereocenters. The van der Waals surface area contributed by atoms with Crippen LogP contribution in [0, 0.1) is 0 Å². The Morgan fingerprint density at radius 2 is 2.11 bits per heavy atom. The number of carbonyl (C=O) groups is 2. The van der Waals surface area contributed by atoms with E-state index in [0.717, 1.165) is 17.5 Å². The molecule has 0 aliphatic rings. The van der Waals surface area contributed by atoms with Gasteiger partial charge in [0, 0.05) is 19.2 Å². The van der Waals surface area contributed by atoms with Crippen LogP contribution in [0.1, 0.15) is 23.0 Å². The molecule has 1 aromatic carbocycles. The molecule has 2 aromatic rings. The van der Waals surface area contributed by atoms with Gasteiger partial charge in [0.25, 0.3) is 0 Å². The van der Waals surface area contributed by atoms with Crippen LogP contribution in [0.3, 0.4) is 0 Å². The molecule has 1 N–H and O–H groups in total. The van der Waals surface area contributed by atoms with Gasteiger partial charge in [-0.05, 0) is 17.7 Å². The molecule has 0 bridgehead atoms. The Morgan fingerprint density at radius 3 is 2.72 bits per heavy atom. The van der Waals surface area contributed by atoms with E-state index in [1.807, 2.05) is 24.3 Å². The summed E-state index contributed by atoms with van der Waals surface area (Å²) in [5.41, 5.74) is 2.33. The maximum Gasteiger partial charge on any atom is 0.221 e. The van der Waals surface area contributed by atoms with Crippen LogP contribution >= 0.6 is 0 Å². The summed E-state index contributed by atoms with van der Waals surface area (Å²) in [6.07, 6.45) is 3.92. The van der Waals surface area contributed by atoms with Crippen LogP contribution in [0.5, 0.6) is 0 Å². The molecular weight excluding hydrogens is 230 g/mol. The van der Waals surface area contributed by atoms with Crippen molar-refractivity contribution in [1.29, 1.82) is 0 Å². The largest absolute Gasteiger partial charge is 0.326 e. The highest BCUT2D eigenvalue weighted by Gasteiger charge is 2.02. The average Bonchev–Trinajstić information content (AvgIpc) is 2.78. The molecule has 1 heterocycles. The maximum atomic E-state index is 10.9. The van der Waals surface area contributed by atoms with Crippen LogP contribution in [0.4, 0.5) is 5.69 Å². The number of carbonyl (C=O) groups excluding carboxylic acids is 2. The third-order valence-electron chi connectivity index (χ3n) is 2.49. The Hall–Kier alpha value is -2.43. The van der Waals surface area contributed by atoms with E-state index in [4.69, 9.17) is 0 Å². The second-order valence-corrected chi connectivity index (χ2v) is 3.94. The van der Waals surface area contributed by atoms with E-state index in [1.54, 1.807) is 10.9 Å². The first-order chi connectivity index (χ1) is 8.69. The predicted molar refractivity (Wildman–Crippen MR) is 67.5 cm³/mol. The monoisotopic (exact) mass is 243 g/mol. The highest BCUT2D eigenvalue weighted by molar-refractivity contribution is 5.88. The normalized spacial score (nSPS) is 10.1. The molecule has 0 aliphatic carbocycles. The van der Waals surface area contributed by atoms with Gasteiger partial charge < -0.3 is 9.88 Å². The first-order valence-electron chi connectivity index (χ1n) is 5.51. The lowest BCUT2D eigenvalue weighted by Gasteiger charge is -2.06. The molecule has 1 aromatic heterocycles. The number of benzene rings is 1. The van der Waals surface area contributed by atoms with Crippen molar-refractivity contribution in [3.8, 4) is 0 Å². The van der Waals surface area contributed by atoms with E-state index in [2.05, 4.69) is 10.3 Å². The van der Waals surface area contributed by atoms with Crippen LogP contribution in [0.15, 0.2) is 36.8 Å². The van der Waals surface area contributed by atoms with E-state index in [-0.39, 0.29) is 5.91 Å². The van der Waals surface area contributed by atoms with Crippen molar-refractivity contribution in [3.05, 3.63) is 48.0 Å². The van der Waals surface area contributed by atoms with Gasteiger partial charge in [-0.3, -0.25) is 9.59 Å². The summed E-state index contributed by atoms with van der Waals surface area (Å²) in [6.45, 7) is 2.05. The maximum absolute atomic E-state index is 10.9. The molecule has 1 amide bonds. The van der Waals surface area contributed by atoms with Gasteiger partial charge in [-0.1, -0.05) is 12.1 Å². The summed E-state index contributed by atoms with van der Waals surface area (Å²) in [7, 11) is 0. The number of nitrogens with zero attached hydrogens (tertiary/aromatic N) is 2. The Balaban J connectivity index is 2.11. The quantitative estimate of drug-likeness (QED) is 0.831. The van der Waals surface area contributed by atoms with Crippen molar-refractivity contribution < 1.29 is 9.59 Å². The number of nitrogens with one attached hydrogen (secondary N) is 1. The minimum atomic E-state index is -0.0967. The average molecular weight is 243 g/mol. The minimum absolute atomic E-state index is 0.0967. The van der Waals surface area contributed by atoms with Crippen LogP contribution in [0.25, 0.3) is 0 Å². The third-order valence-corrected chi connectivity index (χ3v) is 2.49. The summed E-state index contributed by atoms with van der Waals surface area (Å²) >= 11 is 0. The number of hydrogen-bond acceptors (Lipinski definition) is 3. The van der Waals surface area contributed by atoms with Crippen LogP contribution < -0.4 is 5.32 Å². The minimum Gasteiger partial charge on any atom is -0.326 e. The highest BCUT2D eigenvalue weighted by atomic mass is 16.1. The molecule has 0 unspecified atom stereocenters. The molecule has 5 nitrogen and oxygen atoms in total. The Labute approximate surface area is 104 Å². The van der Waals surface area contributed by atoms with Gasteiger partial charge in [0.1, 0.15) is 5.69 Å². The highest BCUT2D eigenvalue weighted by Crippen LogP contribution is 2.11. The van der Waals surface area contributed by atoms with Gasteiger partial charge in [-0.15, -0.1) is 0 Å². The summed E-state index contributed by atoms with van der Waals surface area (Å²) < 4.78 is 1.76. The SMILES string of the molecule is CC(=O)Nc1ccc(Cn2cncc2C=O)cc1. The van der Waals surface area contributed by atoms with E-state index >= 15 is 0 Å². The van der Waals surface area contributed by atoms with E-state index < -0.39 is 0 Å². The fourth-order valence-electron chi connectivity index (χ4n) is 1.65. The van der Waals surface area contributed by atoms with E-state index in [0.29, 0.717) is 12.2 Å². The lowest BCUT2D eigenvalue weighted by Crippen LogP contribution is -2.06. The lowest BCUT2D eigenvalue weighted by molar-refractivity contribution is -0.114. The molecule has 0 radical (unpaired) electrons. The Kier molecular flexibility index (Phi) is 3.52. The standard InChI is InChI=1S/C13H13N3O2/c1-10(18)15-12-4-2-11(3-5-12)7-16-9-14-6-13(16)8-17/h2-6,8-9H,7H2,1H3,(H,15,18). The second kappa shape index (κ2) is 5.27. The predicted octanol–water partition coefficient (Wildman–Crippen LogP) is 1.70. The smallest absolute Gasteiger partial charge is 0.221 e. The molecule has 0 saturated carbocycles. The zero-order valence-electron chi connectivity index (χ0n) is 9.96. The molecule has 5 heteroatoms. The number of aromatic nitrogens is 2. The summed E-state index contributed by atoms with van der Waals surface area (Å²) in [5.74, 6) is -0.0967. The van der Waals surface area contributed by atoms with Crippen molar-refractivity contribution in [2.24, 2.45) is 0 Å². The summed E-state index contributed by atoms with van der Waals surface area (Å²) in [5, 5.41) is 2.70. The molecule has 0 fully saturated rings. The van der Waals surface area contributed by atoms with Crippen molar-refractivity contribution in [3.63, 3.8) is 0 Å². The van der Waals surface area contributed by atoms with E-state index in [1.165, 1.54) is 13.1 Å². The number of hydrogen-bond donors (Lipinski definition) is 1. The molecule has 0 saturated heterocycles. The second-order valence-electron chi connectivity index (χ2n) is 3.94. The topological polar surface area (TPSA) is 64.0 Å². The fraction of sp³-hybridized carbons (Fsp3) is 0.154. The molecule has 0 aliphatic heterocycles. The molecule has 18 heavy (non-hydrogen) atoms. The fourth-order valence-corrected chi connectivity index (χ4v) is 1.65.